The van der Waals surface area contributed by atoms with Crippen molar-refractivity contribution in [2.45, 2.75) is 13.5 Å². The fraction of sp³-hybridized carbons (Fsp3) is 0.0612. The van der Waals surface area contributed by atoms with Crippen molar-refractivity contribution in [2.24, 2.45) is 0 Å². The summed E-state index contributed by atoms with van der Waals surface area (Å²) in [6.45, 7) is 1.63. The molecule has 7 aromatic rings. The molecule has 0 aliphatic carbocycles. The Hall–Kier alpha value is -8.98. The standard InChI is InChI=1S/C49H40N6O9/c1-29-24-33(19-22-40(29)52-49(62)53-41-16-7-5-14-37(41)44(56)57)34-20-23-43(39(27-34)45(58)63-2)55-47(60)50-35-13-9-10-30(25-35)28-64-46(59)38-15-6-8-17-42(38)54-48(61)51-36-21-18-31-11-3-4-12-32(31)26-36/h3-27H,28H2,1-2H3,(H,56,57)(H2,50,55,60)(H2,51,54,61)(H2,52,53,62). The topological polar surface area (TPSA) is 213 Å². The van der Waals surface area contributed by atoms with Crippen LogP contribution in [0.3, 0.4) is 0 Å². The molecule has 0 fully saturated rings. The van der Waals surface area contributed by atoms with E-state index in [1.54, 1.807) is 104 Å². The number of hydrogen-bond donors (Lipinski definition) is 7. The normalized spacial score (nSPS) is 10.5. The lowest BCUT2D eigenvalue weighted by atomic mass is 9.99. The van der Waals surface area contributed by atoms with Crippen LogP contribution in [0.5, 0.6) is 0 Å². The molecule has 0 aliphatic rings. The average Bonchev–Trinajstić information content (AvgIpc) is 3.29. The van der Waals surface area contributed by atoms with E-state index in [1.165, 1.54) is 25.3 Å². The van der Waals surface area contributed by atoms with Crippen molar-refractivity contribution >= 4 is 80.9 Å². The largest absolute Gasteiger partial charge is 0.478 e. The van der Waals surface area contributed by atoms with E-state index in [2.05, 4.69) is 31.9 Å². The number of ether oxygens (including phenoxy) is 2. The van der Waals surface area contributed by atoms with Gasteiger partial charge in [-0.05, 0) is 113 Å². The SMILES string of the molecule is COC(=O)c1cc(-c2ccc(NC(=O)Nc3ccccc3C(=O)O)c(C)c2)ccc1NC(=O)Nc1cccc(COC(=O)c2ccccc2NC(=O)Nc2ccc3ccccc3c2)c1. The Balaban J connectivity index is 0.955. The van der Waals surface area contributed by atoms with Gasteiger partial charge in [-0.1, -0.05) is 78.9 Å². The summed E-state index contributed by atoms with van der Waals surface area (Å²) in [6, 6.07) is 40.7. The van der Waals surface area contributed by atoms with E-state index in [9.17, 15) is 33.9 Å². The number of aromatic carboxylic acids is 1. The lowest BCUT2D eigenvalue weighted by Gasteiger charge is -2.15. The van der Waals surface area contributed by atoms with Crippen LogP contribution in [-0.2, 0) is 16.1 Å². The second kappa shape index (κ2) is 19.6. The molecule has 6 amide bonds. The lowest BCUT2D eigenvalue weighted by molar-refractivity contribution is 0.0473. The minimum absolute atomic E-state index is 0.0536. The zero-order valence-electron chi connectivity index (χ0n) is 34.4. The first-order valence-corrected chi connectivity index (χ1v) is 19.7. The number of carbonyl (C=O) groups excluding carboxylic acids is 5. The molecule has 0 saturated carbocycles. The summed E-state index contributed by atoms with van der Waals surface area (Å²) in [5.41, 5.74) is 4.71. The number of methoxy groups -OCH3 is 1. The van der Waals surface area contributed by atoms with Crippen molar-refractivity contribution < 1.29 is 43.3 Å². The molecule has 7 aromatic carbocycles. The molecule has 0 unspecified atom stereocenters. The second-order valence-corrected chi connectivity index (χ2v) is 14.3. The number of anilines is 6. The van der Waals surface area contributed by atoms with Crippen LogP contribution in [0.15, 0.2) is 152 Å². The van der Waals surface area contributed by atoms with E-state index in [0.717, 1.165) is 10.8 Å². The average molecular weight is 857 g/mol. The van der Waals surface area contributed by atoms with E-state index in [1.807, 2.05) is 36.4 Å². The first kappa shape index (κ1) is 43.1. The summed E-state index contributed by atoms with van der Waals surface area (Å²) >= 11 is 0. The van der Waals surface area contributed by atoms with Crippen molar-refractivity contribution in [1.29, 1.82) is 0 Å². The fourth-order valence-electron chi connectivity index (χ4n) is 6.72. The molecule has 320 valence electrons. The number of carboxylic acids is 1. The van der Waals surface area contributed by atoms with Gasteiger partial charge in [-0.3, -0.25) is 0 Å². The predicted octanol–water partition coefficient (Wildman–Crippen LogP) is 10.6. The van der Waals surface area contributed by atoms with Crippen molar-refractivity contribution in [3.63, 3.8) is 0 Å². The van der Waals surface area contributed by atoms with Crippen molar-refractivity contribution in [3.8, 4) is 11.1 Å². The molecule has 0 radical (unpaired) electrons. The monoisotopic (exact) mass is 856 g/mol. The summed E-state index contributed by atoms with van der Waals surface area (Å²) in [6.07, 6.45) is 0. The molecule has 0 atom stereocenters. The lowest BCUT2D eigenvalue weighted by Crippen LogP contribution is -2.21. The van der Waals surface area contributed by atoms with Crippen molar-refractivity contribution in [2.75, 3.05) is 39.0 Å². The summed E-state index contributed by atoms with van der Waals surface area (Å²) in [4.78, 5) is 76.6. The number of benzene rings is 7. The molecule has 0 aromatic heterocycles. The molecule has 15 nitrogen and oxygen atoms in total. The summed E-state index contributed by atoms with van der Waals surface area (Å²) in [7, 11) is 1.22. The third-order valence-electron chi connectivity index (χ3n) is 9.84. The number of urea groups is 3. The van der Waals surface area contributed by atoms with Gasteiger partial charge in [0.25, 0.3) is 0 Å². The number of carbonyl (C=O) groups is 6. The predicted molar refractivity (Wildman–Crippen MR) is 245 cm³/mol. The van der Waals surface area contributed by atoms with Crippen LogP contribution < -0.4 is 31.9 Å². The van der Waals surface area contributed by atoms with Crippen LogP contribution in [0.1, 0.15) is 42.2 Å². The summed E-state index contributed by atoms with van der Waals surface area (Å²) in [5, 5.41) is 27.6. The number of amides is 6. The molecule has 7 N–H and O–H groups in total. The number of nitrogens with one attached hydrogen (secondary N) is 6. The van der Waals surface area contributed by atoms with Gasteiger partial charge in [-0.15, -0.1) is 0 Å². The fourth-order valence-corrected chi connectivity index (χ4v) is 6.72. The van der Waals surface area contributed by atoms with E-state index >= 15 is 0 Å². The number of fused-ring (bicyclic) bond motifs is 1. The Morgan fingerprint density at radius 2 is 1.02 bits per heavy atom. The van der Waals surface area contributed by atoms with Gasteiger partial charge >= 0.3 is 36.0 Å². The maximum Gasteiger partial charge on any atom is 0.340 e. The molecule has 0 aliphatic heterocycles. The van der Waals surface area contributed by atoms with E-state index < -0.39 is 36.0 Å². The number of aryl methyl sites for hydroxylation is 1. The van der Waals surface area contributed by atoms with Gasteiger partial charge < -0.3 is 46.5 Å². The quantitative estimate of drug-likeness (QED) is 0.0582. The van der Waals surface area contributed by atoms with Crippen molar-refractivity contribution in [3.05, 3.63) is 179 Å². The number of rotatable bonds is 12. The number of esters is 2. The highest BCUT2D eigenvalue weighted by molar-refractivity contribution is 6.08. The van der Waals surface area contributed by atoms with Crippen molar-refractivity contribution in [1.82, 2.24) is 0 Å². The minimum Gasteiger partial charge on any atom is -0.478 e. The highest BCUT2D eigenvalue weighted by atomic mass is 16.5. The minimum atomic E-state index is -1.18. The van der Waals surface area contributed by atoms with E-state index in [4.69, 9.17) is 9.47 Å². The van der Waals surface area contributed by atoms with E-state index in [-0.39, 0.29) is 40.4 Å². The first-order valence-electron chi connectivity index (χ1n) is 19.7. The van der Waals surface area contributed by atoms with Crippen LogP contribution in [0, 0.1) is 6.92 Å². The van der Waals surface area contributed by atoms with Crippen LogP contribution >= 0.6 is 0 Å². The van der Waals surface area contributed by atoms with Crippen LogP contribution in [-0.4, -0.2) is 48.2 Å². The van der Waals surface area contributed by atoms with Gasteiger partial charge in [0.15, 0.2) is 0 Å². The first-order chi connectivity index (χ1) is 30.9. The highest BCUT2D eigenvalue weighted by Crippen LogP contribution is 2.30. The molecular formula is C49H40N6O9. The van der Waals surface area contributed by atoms with E-state index in [0.29, 0.717) is 39.3 Å². The van der Waals surface area contributed by atoms with Gasteiger partial charge in [0, 0.05) is 17.1 Å². The molecule has 0 saturated heterocycles. The maximum absolute atomic E-state index is 13.2. The third-order valence-corrected chi connectivity index (χ3v) is 9.84. The summed E-state index contributed by atoms with van der Waals surface area (Å²) < 4.78 is 10.6. The Bertz CT molecular complexity index is 2950. The summed E-state index contributed by atoms with van der Waals surface area (Å²) in [5.74, 6) is -2.55. The molecular weight excluding hydrogens is 817 g/mol. The van der Waals surface area contributed by atoms with Gasteiger partial charge in [-0.2, -0.15) is 0 Å². The molecule has 7 rings (SSSR count). The second-order valence-electron chi connectivity index (χ2n) is 14.3. The molecule has 64 heavy (non-hydrogen) atoms. The van der Waals surface area contributed by atoms with Gasteiger partial charge in [-0.25, -0.2) is 28.8 Å². The van der Waals surface area contributed by atoms with Crippen LogP contribution in [0.25, 0.3) is 21.9 Å². The Morgan fingerprint density at radius 1 is 0.469 bits per heavy atom. The van der Waals surface area contributed by atoms with Crippen LogP contribution in [0.4, 0.5) is 48.5 Å². The maximum atomic E-state index is 13.2. The zero-order valence-corrected chi connectivity index (χ0v) is 34.4. The van der Waals surface area contributed by atoms with Gasteiger partial charge in [0.2, 0.25) is 0 Å². The number of para-hydroxylation sites is 2. The zero-order chi connectivity index (χ0) is 45.2. The number of carboxylic acid groups (broad SMARTS) is 1. The molecule has 0 heterocycles. The highest BCUT2D eigenvalue weighted by Gasteiger charge is 2.19. The molecule has 0 spiro atoms. The molecule has 15 heteroatoms. The third kappa shape index (κ3) is 10.7. The number of hydrogen-bond acceptors (Lipinski definition) is 8. The van der Waals surface area contributed by atoms with Gasteiger partial charge in [0.1, 0.15) is 6.61 Å². The van der Waals surface area contributed by atoms with Gasteiger partial charge in [0.05, 0.1) is 40.9 Å². The molecule has 0 bridgehead atoms. The van der Waals surface area contributed by atoms with Crippen LogP contribution in [0.2, 0.25) is 0 Å². The Morgan fingerprint density at radius 3 is 1.69 bits per heavy atom. The Labute approximate surface area is 366 Å². The Kier molecular flexibility index (Phi) is 13.2. The smallest absolute Gasteiger partial charge is 0.340 e.